The van der Waals surface area contributed by atoms with E-state index in [1.165, 1.54) is 42.6 Å². The summed E-state index contributed by atoms with van der Waals surface area (Å²) in [6.45, 7) is 0. The molecule has 0 spiro atoms. The number of rotatable bonds is 6. The number of hydrogen-bond acceptors (Lipinski definition) is 7. The van der Waals surface area contributed by atoms with Crippen molar-refractivity contribution in [2.75, 3.05) is 55.0 Å². The standard InChI is InChI=1S/C15H24N4O6/c1-16-14(17-2)19-15(20)18-8-9(21-3)11(23-5)13(25-7)12(24-6)10(8)22-4/h1-7H3,(H3,16,17,18,19,20). The van der Waals surface area contributed by atoms with Crippen molar-refractivity contribution >= 4 is 17.7 Å². The molecule has 0 aliphatic heterocycles. The highest BCUT2D eigenvalue weighted by Gasteiger charge is 2.29. The van der Waals surface area contributed by atoms with Gasteiger partial charge in [-0.05, 0) is 0 Å². The Labute approximate surface area is 146 Å². The molecule has 0 saturated heterocycles. The van der Waals surface area contributed by atoms with Gasteiger partial charge in [0.25, 0.3) is 0 Å². The average molecular weight is 356 g/mol. The molecule has 0 aliphatic carbocycles. The van der Waals surface area contributed by atoms with Crippen molar-refractivity contribution in [1.29, 1.82) is 0 Å². The predicted octanol–water partition coefficient (Wildman–Crippen LogP) is 1.06. The number of carbonyl (C=O) groups is 1. The molecule has 0 fully saturated rings. The molecule has 10 heteroatoms. The monoisotopic (exact) mass is 356 g/mol. The third kappa shape index (κ3) is 4.08. The van der Waals surface area contributed by atoms with E-state index in [9.17, 15) is 4.79 Å². The zero-order valence-corrected chi connectivity index (χ0v) is 15.4. The molecule has 1 rings (SSSR count). The van der Waals surface area contributed by atoms with Gasteiger partial charge in [0.15, 0.2) is 17.5 Å². The molecule has 0 unspecified atom stereocenters. The molecule has 0 aromatic heterocycles. The minimum atomic E-state index is -0.569. The van der Waals surface area contributed by atoms with Crippen LogP contribution in [0.2, 0.25) is 0 Å². The van der Waals surface area contributed by atoms with E-state index in [2.05, 4.69) is 20.9 Å². The van der Waals surface area contributed by atoms with Gasteiger partial charge in [-0.3, -0.25) is 10.3 Å². The van der Waals surface area contributed by atoms with E-state index >= 15 is 0 Å². The van der Waals surface area contributed by atoms with Crippen molar-refractivity contribution in [2.24, 2.45) is 4.99 Å². The van der Waals surface area contributed by atoms with E-state index in [-0.39, 0.29) is 40.4 Å². The molecule has 0 aliphatic rings. The smallest absolute Gasteiger partial charge is 0.326 e. The molecule has 0 saturated carbocycles. The molecule has 10 nitrogen and oxygen atoms in total. The van der Waals surface area contributed by atoms with Crippen LogP contribution in [0, 0.1) is 0 Å². The third-order valence-corrected chi connectivity index (χ3v) is 3.23. The van der Waals surface area contributed by atoms with E-state index in [4.69, 9.17) is 23.7 Å². The minimum Gasteiger partial charge on any atom is -0.491 e. The minimum absolute atomic E-state index is 0.212. The van der Waals surface area contributed by atoms with Crippen molar-refractivity contribution in [3.63, 3.8) is 0 Å². The van der Waals surface area contributed by atoms with E-state index in [0.29, 0.717) is 0 Å². The molecule has 3 N–H and O–H groups in total. The number of benzene rings is 1. The fourth-order valence-electron chi connectivity index (χ4n) is 2.18. The Hall–Kier alpha value is -3.04. The Morgan fingerprint density at radius 1 is 0.800 bits per heavy atom. The summed E-state index contributed by atoms with van der Waals surface area (Å²) in [5.41, 5.74) is 0.212. The second kappa shape index (κ2) is 9.30. The van der Waals surface area contributed by atoms with Gasteiger partial charge in [-0.2, -0.15) is 0 Å². The van der Waals surface area contributed by atoms with Crippen molar-refractivity contribution in [3.05, 3.63) is 0 Å². The zero-order chi connectivity index (χ0) is 19.0. The summed E-state index contributed by atoms with van der Waals surface area (Å²) in [7, 11) is 10.4. The van der Waals surface area contributed by atoms with Crippen LogP contribution >= 0.6 is 0 Å². The van der Waals surface area contributed by atoms with Gasteiger partial charge in [-0.25, -0.2) is 4.79 Å². The second-order valence-corrected chi connectivity index (χ2v) is 4.44. The van der Waals surface area contributed by atoms with Crippen molar-refractivity contribution in [2.45, 2.75) is 0 Å². The average Bonchev–Trinajstić information content (AvgIpc) is 2.64. The zero-order valence-electron chi connectivity index (χ0n) is 15.4. The number of methoxy groups -OCH3 is 5. The van der Waals surface area contributed by atoms with Crippen LogP contribution in [-0.4, -0.2) is 61.6 Å². The number of aliphatic imine (C=N–C) groups is 1. The number of nitrogens with zero attached hydrogens (tertiary/aromatic N) is 1. The Bertz CT molecular complexity index is 614. The van der Waals surface area contributed by atoms with E-state index < -0.39 is 6.03 Å². The van der Waals surface area contributed by atoms with Gasteiger partial charge in [-0.15, -0.1) is 0 Å². The van der Waals surface area contributed by atoms with Gasteiger partial charge in [0, 0.05) is 14.1 Å². The number of hydrogen-bond donors (Lipinski definition) is 3. The lowest BCUT2D eigenvalue weighted by atomic mass is 10.2. The van der Waals surface area contributed by atoms with E-state index in [0.717, 1.165) is 0 Å². The summed E-state index contributed by atoms with van der Waals surface area (Å²) in [4.78, 5) is 16.1. The largest absolute Gasteiger partial charge is 0.491 e. The molecular formula is C15H24N4O6. The van der Waals surface area contributed by atoms with Crippen molar-refractivity contribution < 1.29 is 28.5 Å². The molecule has 140 valence electrons. The predicted molar refractivity (Wildman–Crippen MR) is 93.8 cm³/mol. The van der Waals surface area contributed by atoms with Gasteiger partial charge < -0.3 is 34.3 Å². The van der Waals surface area contributed by atoms with Crippen LogP contribution in [0.15, 0.2) is 4.99 Å². The summed E-state index contributed by atoms with van der Waals surface area (Å²) < 4.78 is 26.8. The maximum atomic E-state index is 12.3. The molecule has 2 amide bonds. The highest BCUT2D eigenvalue weighted by atomic mass is 16.6. The van der Waals surface area contributed by atoms with Gasteiger partial charge >= 0.3 is 6.03 Å². The summed E-state index contributed by atoms with van der Waals surface area (Å²) >= 11 is 0. The Morgan fingerprint density at radius 2 is 1.20 bits per heavy atom. The van der Waals surface area contributed by atoms with Gasteiger partial charge in [-0.1, -0.05) is 0 Å². The highest BCUT2D eigenvalue weighted by Crippen LogP contribution is 2.56. The van der Waals surface area contributed by atoms with Crippen LogP contribution in [0.1, 0.15) is 0 Å². The number of ether oxygens (including phenoxy) is 5. The Kier molecular flexibility index (Phi) is 7.44. The lowest BCUT2D eigenvalue weighted by molar-refractivity contribution is 0.255. The van der Waals surface area contributed by atoms with Gasteiger partial charge in [0.05, 0.1) is 35.5 Å². The van der Waals surface area contributed by atoms with Crippen LogP contribution in [-0.2, 0) is 0 Å². The maximum Gasteiger partial charge on any atom is 0.326 e. The van der Waals surface area contributed by atoms with E-state index in [1.54, 1.807) is 7.05 Å². The topological polar surface area (TPSA) is 112 Å². The third-order valence-electron chi connectivity index (χ3n) is 3.23. The summed E-state index contributed by atoms with van der Waals surface area (Å²) in [5, 5.41) is 7.92. The number of anilines is 1. The lowest BCUT2D eigenvalue weighted by Gasteiger charge is -2.22. The summed E-state index contributed by atoms with van der Waals surface area (Å²) in [5.74, 6) is 1.48. The first-order chi connectivity index (χ1) is 12.0. The number of amides is 2. The molecule has 0 heterocycles. The number of carbonyl (C=O) groups excluding carboxylic acids is 1. The Morgan fingerprint density at radius 3 is 1.52 bits per heavy atom. The quantitative estimate of drug-likeness (QED) is 0.516. The summed E-state index contributed by atoms with van der Waals surface area (Å²) in [6, 6.07) is -0.569. The normalized spacial score (nSPS) is 10.6. The number of nitrogens with one attached hydrogen (secondary N) is 3. The molecular weight excluding hydrogens is 332 g/mol. The first kappa shape index (κ1) is 20.0. The highest BCUT2D eigenvalue weighted by molar-refractivity contribution is 6.04. The summed E-state index contributed by atoms with van der Waals surface area (Å²) in [6.07, 6.45) is 0. The first-order valence-corrected chi connectivity index (χ1v) is 7.19. The fraction of sp³-hybridized carbons (Fsp3) is 0.467. The van der Waals surface area contributed by atoms with Crippen LogP contribution < -0.4 is 39.6 Å². The molecule has 25 heavy (non-hydrogen) atoms. The van der Waals surface area contributed by atoms with Crippen molar-refractivity contribution in [3.8, 4) is 28.7 Å². The van der Waals surface area contributed by atoms with Crippen molar-refractivity contribution in [1.82, 2.24) is 10.6 Å². The maximum absolute atomic E-state index is 12.3. The first-order valence-electron chi connectivity index (χ1n) is 7.19. The molecule has 0 atom stereocenters. The van der Waals surface area contributed by atoms with Crippen LogP contribution in [0.3, 0.4) is 0 Å². The Balaban J connectivity index is 3.49. The lowest BCUT2D eigenvalue weighted by Crippen LogP contribution is -2.41. The van der Waals surface area contributed by atoms with Gasteiger partial charge in [0.2, 0.25) is 17.2 Å². The van der Waals surface area contributed by atoms with Crippen LogP contribution in [0.25, 0.3) is 0 Å². The van der Waals surface area contributed by atoms with Crippen LogP contribution in [0.4, 0.5) is 10.5 Å². The van der Waals surface area contributed by atoms with Gasteiger partial charge in [0.1, 0.15) is 5.69 Å². The van der Waals surface area contributed by atoms with Crippen LogP contribution in [0.5, 0.6) is 28.7 Å². The fourth-order valence-corrected chi connectivity index (χ4v) is 2.18. The molecule has 0 bridgehead atoms. The number of guanidine groups is 1. The number of urea groups is 1. The molecule has 0 radical (unpaired) electrons. The second-order valence-electron chi connectivity index (χ2n) is 4.44. The SMILES string of the molecule is CN=C(NC)NC(=O)Nc1c(OC)c(OC)c(OC)c(OC)c1OC. The molecule has 1 aromatic rings. The molecule has 1 aromatic carbocycles. The van der Waals surface area contributed by atoms with E-state index in [1.807, 2.05) is 0 Å².